The van der Waals surface area contributed by atoms with E-state index in [4.69, 9.17) is 11.2 Å². The SMILES string of the molecule is C#CCNC(=O)c1ccc(N2[C@@H]3CC[C@H]2C[C@@H](NC(=O)c2cccc(OC)c2C)C3)nc1. The highest BCUT2D eigenvalue weighted by Gasteiger charge is 2.41. The van der Waals surface area contributed by atoms with E-state index in [1.807, 2.05) is 31.2 Å². The molecule has 0 unspecified atom stereocenters. The summed E-state index contributed by atoms with van der Waals surface area (Å²) in [6.07, 6.45) is 10.7. The maximum Gasteiger partial charge on any atom is 0.253 e. The zero-order valence-corrected chi connectivity index (χ0v) is 18.4. The lowest BCUT2D eigenvalue weighted by atomic mass is 9.96. The number of benzene rings is 1. The van der Waals surface area contributed by atoms with E-state index in [2.05, 4.69) is 26.4 Å². The molecule has 2 saturated heterocycles. The van der Waals surface area contributed by atoms with Gasteiger partial charge >= 0.3 is 0 Å². The first-order chi connectivity index (χ1) is 15.5. The number of hydrogen-bond acceptors (Lipinski definition) is 5. The number of carbonyl (C=O) groups is 2. The second-order valence-corrected chi connectivity index (χ2v) is 8.36. The van der Waals surface area contributed by atoms with Crippen LogP contribution in [-0.2, 0) is 0 Å². The van der Waals surface area contributed by atoms with Gasteiger partial charge in [0.2, 0.25) is 0 Å². The molecular formula is C25H28N4O3. The fourth-order valence-electron chi connectivity index (χ4n) is 4.92. The Balaban J connectivity index is 1.41. The van der Waals surface area contributed by atoms with Gasteiger partial charge in [0.15, 0.2) is 0 Å². The molecule has 3 heterocycles. The van der Waals surface area contributed by atoms with Crippen molar-refractivity contribution >= 4 is 17.6 Å². The zero-order valence-electron chi connectivity index (χ0n) is 18.4. The highest BCUT2D eigenvalue weighted by atomic mass is 16.5. The zero-order chi connectivity index (χ0) is 22.7. The lowest BCUT2D eigenvalue weighted by Crippen LogP contribution is -2.50. The predicted molar refractivity (Wildman–Crippen MR) is 123 cm³/mol. The van der Waals surface area contributed by atoms with Gasteiger partial charge in [0.05, 0.1) is 19.2 Å². The van der Waals surface area contributed by atoms with Crippen LogP contribution >= 0.6 is 0 Å². The molecule has 1 aromatic carbocycles. The van der Waals surface area contributed by atoms with Gasteiger partial charge in [-0.1, -0.05) is 12.0 Å². The Bertz CT molecular complexity index is 1030. The quantitative estimate of drug-likeness (QED) is 0.686. The maximum absolute atomic E-state index is 12.9. The van der Waals surface area contributed by atoms with Crippen molar-refractivity contribution in [1.29, 1.82) is 0 Å². The van der Waals surface area contributed by atoms with E-state index in [1.54, 1.807) is 19.4 Å². The lowest BCUT2D eigenvalue weighted by molar-refractivity contribution is 0.0924. The summed E-state index contributed by atoms with van der Waals surface area (Å²) in [5.41, 5.74) is 2.00. The molecule has 32 heavy (non-hydrogen) atoms. The monoisotopic (exact) mass is 432 g/mol. The van der Waals surface area contributed by atoms with Crippen LogP contribution in [0, 0.1) is 19.3 Å². The van der Waals surface area contributed by atoms with Crippen molar-refractivity contribution in [3.63, 3.8) is 0 Å². The number of nitrogens with zero attached hydrogens (tertiary/aromatic N) is 2. The van der Waals surface area contributed by atoms with E-state index in [9.17, 15) is 9.59 Å². The molecule has 1 aromatic heterocycles. The number of terminal acetylenes is 1. The minimum atomic E-state index is -0.223. The molecule has 2 aromatic rings. The van der Waals surface area contributed by atoms with Gasteiger partial charge in [0.1, 0.15) is 11.6 Å². The van der Waals surface area contributed by atoms with Crippen molar-refractivity contribution in [3.8, 4) is 18.1 Å². The van der Waals surface area contributed by atoms with E-state index in [-0.39, 0.29) is 24.4 Å². The van der Waals surface area contributed by atoms with Crippen molar-refractivity contribution in [2.24, 2.45) is 0 Å². The summed E-state index contributed by atoms with van der Waals surface area (Å²) >= 11 is 0. The van der Waals surface area contributed by atoms with E-state index in [0.29, 0.717) is 23.2 Å². The molecule has 0 saturated carbocycles. The largest absolute Gasteiger partial charge is 0.496 e. The van der Waals surface area contributed by atoms with Crippen molar-refractivity contribution in [2.75, 3.05) is 18.6 Å². The number of piperidine rings is 1. The highest BCUT2D eigenvalue weighted by molar-refractivity contribution is 5.96. The van der Waals surface area contributed by atoms with Gasteiger partial charge in [-0.3, -0.25) is 9.59 Å². The molecule has 166 valence electrons. The molecule has 0 aliphatic carbocycles. The van der Waals surface area contributed by atoms with Gasteiger partial charge < -0.3 is 20.3 Å². The number of ether oxygens (including phenoxy) is 1. The van der Waals surface area contributed by atoms with Crippen LogP contribution in [0.25, 0.3) is 0 Å². The van der Waals surface area contributed by atoms with Crippen LogP contribution < -0.4 is 20.3 Å². The van der Waals surface area contributed by atoms with Crippen molar-refractivity contribution in [3.05, 3.63) is 53.2 Å². The minimum absolute atomic E-state index is 0.0558. The van der Waals surface area contributed by atoms with Crippen LogP contribution in [0.4, 0.5) is 5.82 Å². The molecule has 0 spiro atoms. The summed E-state index contributed by atoms with van der Waals surface area (Å²) in [7, 11) is 1.61. The Labute approximate surface area is 188 Å². The van der Waals surface area contributed by atoms with Gasteiger partial charge in [-0.2, -0.15) is 0 Å². The van der Waals surface area contributed by atoms with Crippen LogP contribution in [0.15, 0.2) is 36.5 Å². The summed E-state index contributed by atoms with van der Waals surface area (Å²) in [5.74, 6) is 3.70. The third-order valence-corrected chi connectivity index (χ3v) is 6.44. The normalized spacial score (nSPS) is 21.5. The van der Waals surface area contributed by atoms with Gasteiger partial charge in [0, 0.05) is 35.4 Å². The van der Waals surface area contributed by atoms with Gasteiger partial charge in [0.25, 0.3) is 11.8 Å². The number of carbonyl (C=O) groups excluding carboxylic acids is 2. The van der Waals surface area contributed by atoms with Gasteiger partial charge in [-0.15, -0.1) is 6.42 Å². The molecule has 0 radical (unpaired) electrons. The second kappa shape index (κ2) is 9.31. The van der Waals surface area contributed by atoms with Crippen LogP contribution in [0.1, 0.15) is 52.0 Å². The van der Waals surface area contributed by atoms with Crippen molar-refractivity contribution < 1.29 is 14.3 Å². The Hall–Kier alpha value is -3.53. The summed E-state index contributed by atoms with van der Waals surface area (Å²) in [4.78, 5) is 31.9. The van der Waals surface area contributed by atoms with E-state index in [1.165, 1.54) is 0 Å². The fourth-order valence-corrected chi connectivity index (χ4v) is 4.92. The predicted octanol–water partition coefficient (Wildman–Crippen LogP) is 2.69. The summed E-state index contributed by atoms with van der Waals surface area (Å²) in [6.45, 7) is 2.10. The highest BCUT2D eigenvalue weighted by Crippen LogP contribution is 2.38. The van der Waals surface area contributed by atoms with E-state index in [0.717, 1.165) is 42.8 Å². The lowest BCUT2D eigenvalue weighted by Gasteiger charge is -2.40. The number of hydrogen-bond donors (Lipinski definition) is 2. The first kappa shape index (κ1) is 21.7. The fraction of sp³-hybridized carbons (Fsp3) is 0.400. The topological polar surface area (TPSA) is 83.6 Å². The first-order valence-electron chi connectivity index (χ1n) is 10.9. The number of pyridine rings is 1. The molecular weight excluding hydrogens is 404 g/mol. The summed E-state index contributed by atoms with van der Waals surface area (Å²) < 4.78 is 5.35. The minimum Gasteiger partial charge on any atom is -0.496 e. The standard InChI is InChI=1S/C25H28N4O3/c1-4-12-26-24(30)17-8-11-23(27-15-17)29-19-9-10-20(29)14-18(13-19)28-25(31)21-6-5-7-22(32-3)16(21)2/h1,5-8,11,15,18-20H,9-10,12-14H2,2-3H3,(H,26,30)(H,28,31)/t18-,19+,20-. The number of methoxy groups -OCH3 is 1. The smallest absolute Gasteiger partial charge is 0.253 e. The summed E-state index contributed by atoms with van der Waals surface area (Å²) in [5, 5.41) is 5.88. The molecule has 2 N–H and O–H groups in total. The molecule has 2 aliphatic rings. The first-order valence-corrected chi connectivity index (χ1v) is 10.9. The van der Waals surface area contributed by atoms with Gasteiger partial charge in [-0.25, -0.2) is 4.98 Å². The Kier molecular flexibility index (Phi) is 6.31. The van der Waals surface area contributed by atoms with Crippen molar-refractivity contribution in [1.82, 2.24) is 15.6 Å². The van der Waals surface area contributed by atoms with Crippen LogP contribution in [0.5, 0.6) is 5.75 Å². The average Bonchev–Trinajstić information content (AvgIpc) is 3.07. The molecule has 3 atom stereocenters. The van der Waals surface area contributed by atoms with E-state index >= 15 is 0 Å². The average molecular weight is 433 g/mol. The Morgan fingerprint density at radius 1 is 1.19 bits per heavy atom. The molecule has 2 amide bonds. The summed E-state index contributed by atoms with van der Waals surface area (Å²) in [6, 6.07) is 9.98. The second-order valence-electron chi connectivity index (χ2n) is 8.36. The molecule has 4 rings (SSSR count). The molecule has 7 nitrogen and oxygen atoms in total. The number of anilines is 1. The van der Waals surface area contributed by atoms with Crippen LogP contribution in [0.3, 0.4) is 0 Å². The number of amides is 2. The number of nitrogens with one attached hydrogen (secondary N) is 2. The Morgan fingerprint density at radius 3 is 2.56 bits per heavy atom. The molecule has 7 heteroatoms. The van der Waals surface area contributed by atoms with E-state index < -0.39 is 0 Å². The third-order valence-electron chi connectivity index (χ3n) is 6.44. The van der Waals surface area contributed by atoms with Crippen molar-refractivity contribution in [2.45, 2.75) is 50.7 Å². The number of fused-ring (bicyclic) bond motifs is 2. The molecule has 2 fully saturated rings. The van der Waals surface area contributed by atoms with Gasteiger partial charge in [-0.05, 0) is 56.9 Å². The molecule has 2 bridgehead atoms. The maximum atomic E-state index is 12.9. The number of rotatable bonds is 6. The Morgan fingerprint density at radius 2 is 1.94 bits per heavy atom. The number of aromatic nitrogens is 1. The van der Waals surface area contributed by atoms with Crippen LogP contribution in [0.2, 0.25) is 0 Å². The third kappa shape index (κ3) is 4.26. The molecule has 2 aliphatic heterocycles. The van der Waals surface area contributed by atoms with Crippen LogP contribution in [-0.4, -0.2) is 48.6 Å².